The molecular weight excluding hydrogens is 344 g/mol. The van der Waals surface area contributed by atoms with Crippen LogP contribution in [-0.4, -0.2) is 54.6 Å². The van der Waals surface area contributed by atoms with Gasteiger partial charge < -0.3 is 10.2 Å². The number of aryl methyl sites for hydroxylation is 2. The number of carbonyl (C=O) groups excluding carboxylic acids is 2. The molecule has 2 saturated heterocycles. The number of piperidine rings is 1. The molecule has 2 amide bonds. The minimum atomic E-state index is -0.198. The van der Waals surface area contributed by atoms with Crippen LogP contribution in [0.3, 0.4) is 0 Å². The first kappa shape index (κ1) is 17.6. The summed E-state index contributed by atoms with van der Waals surface area (Å²) in [4.78, 5) is 35.8. The van der Waals surface area contributed by atoms with E-state index in [9.17, 15) is 9.59 Å². The summed E-state index contributed by atoms with van der Waals surface area (Å²) in [5.41, 5.74) is 1.76. The minimum Gasteiger partial charge on any atom is -0.348 e. The molecule has 2 unspecified atom stereocenters. The van der Waals surface area contributed by atoms with Crippen LogP contribution in [0.2, 0.25) is 0 Å². The largest absolute Gasteiger partial charge is 0.348 e. The second-order valence-corrected chi connectivity index (χ2v) is 7.31. The molecule has 0 saturated carbocycles. The Balaban J connectivity index is 1.43. The van der Waals surface area contributed by atoms with E-state index in [1.165, 1.54) is 6.20 Å². The first-order valence-electron chi connectivity index (χ1n) is 9.50. The van der Waals surface area contributed by atoms with Gasteiger partial charge in [-0.2, -0.15) is 5.10 Å². The highest BCUT2D eigenvalue weighted by Crippen LogP contribution is 2.36. The summed E-state index contributed by atoms with van der Waals surface area (Å²) in [6.45, 7) is 4.49. The SMILES string of the molecule is CCn1nccc1C(=O)N1C2CCC1CC(NC(=O)c1cnc(C)cn1)C2. The van der Waals surface area contributed by atoms with Gasteiger partial charge >= 0.3 is 0 Å². The van der Waals surface area contributed by atoms with E-state index in [2.05, 4.69) is 20.4 Å². The van der Waals surface area contributed by atoms with Crippen molar-refractivity contribution in [1.82, 2.24) is 30.0 Å². The summed E-state index contributed by atoms with van der Waals surface area (Å²) in [6.07, 6.45) is 8.27. The molecule has 0 aliphatic carbocycles. The fraction of sp³-hybridized carbons (Fsp3) is 0.526. The molecular formula is C19H24N6O2. The summed E-state index contributed by atoms with van der Waals surface area (Å²) < 4.78 is 1.74. The van der Waals surface area contributed by atoms with E-state index >= 15 is 0 Å². The molecule has 2 aromatic heterocycles. The van der Waals surface area contributed by atoms with Crippen molar-refractivity contribution in [1.29, 1.82) is 0 Å². The van der Waals surface area contributed by atoms with Gasteiger partial charge in [0.15, 0.2) is 0 Å². The highest BCUT2D eigenvalue weighted by molar-refractivity contribution is 5.94. The van der Waals surface area contributed by atoms with Crippen LogP contribution in [0.1, 0.15) is 59.3 Å². The molecule has 1 N–H and O–H groups in total. The molecule has 8 heteroatoms. The van der Waals surface area contributed by atoms with Crippen molar-refractivity contribution < 1.29 is 9.59 Å². The van der Waals surface area contributed by atoms with Crippen LogP contribution < -0.4 is 5.32 Å². The van der Waals surface area contributed by atoms with Crippen molar-refractivity contribution in [2.75, 3.05) is 0 Å². The van der Waals surface area contributed by atoms with E-state index in [4.69, 9.17) is 0 Å². The molecule has 8 nitrogen and oxygen atoms in total. The molecule has 2 aliphatic rings. The Morgan fingerprint density at radius 1 is 1.19 bits per heavy atom. The van der Waals surface area contributed by atoms with E-state index in [0.717, 1.165) is 31.4 Å². The molecule has 2 fully saturated rings. The Morgan fingerprint density at radius 2 is 1.93 bits per heavy atom. The summed E-state index contributed by atoms with van der Waals surface area (Å²) in [6, 6.07) is 2.16. The topological polar surface area (TPSA) is 93.0 Å². The second kappa shape index (κ2) is 7.09. The molecule has 4 rings (SSSR count). The van der Waals surface area contributed by atoms with Gasteiger partial charge in [0.05, 0.1) is 11.9 Å². The number of hydrogen-bond donors (Lipinski definition) is 1. The van der Waals surface area contributed by atoms with Crippen LogP contribution in [0.15, 0.2) is 24.7 Å². The van der Waals surface area contributed by atoms with E-state index in [1.807, 2.05) is 18.7 Å². The average molecular weight is 368 g/mol. The highest BCUT2D eigenvalue weighted by atomic mass is 16.2. The molecule has 2 aliphatic heterocycles. The van der Waals surface area contributed by atoms with E-state index in [0.29, 0.717) is 17.9 Å². The Morgan fingerprint density at radius 3 is 2.56 bits per heavy atom. The Kier molecular flexibility index (Phi) is 4.63. The normalized spacial score (nSPS) is 24.1. The first-order valence-corrected chi connectivity index (χ1v) is 9.50. The monoisotopic (exact) mass is 368 g/mol. The number of amides is 2. The summed E-state index contributed by atoms with van der Waals surface area (Å²) in [5, 5.41) is 7.29. The summed E-state index contributed by atoms with van der Waals surface area (Å²) in [7, 11) is 0. The Hall–Kier alpha value is -2.77. The molecule has 142 valence electrons. The highest BCUT2D eigenvalue weighted by Gasteiger charge is 2.44. The maximum Gasteiger partial charge on any atom is 0.272 e. The number of fused-ring (bicyclic) bond motifs is 2. The fourth-order valence-corrected chi connectivity index (χ4v) is 4.29. The number of nitrogens with one attached hydrogen (secondary N) is 1. The van der Waals surface area contributed by atoms with Gasteiger partial charge in [-0.3, -0.25) is 19.3 Å². The molecule has 4 heterocycles. The predicted molar refractivity (Wildman–Crippen MR) is 98.1 cm³/mol. The Labute approximate surface area is 158 Å². The van der Waals surface area contributed by atoms with Gasteiger partial charge in [0.1, 0.15) is 11.4 Å². The van der Waals surface area contributed by atoms with Crippen molar-refractivity contribution in [2.45, 2.75) is 64.2 Å². The lowest BCUT2D eigenvalue weighted by molar-refractivity contribution is 0.0537. The second-order valence-electron chi connectivity index (χ2n) is 7.31. The van der Waals surface area contributed by atoms with Crippen LogP contribution in [0.4, 0.5) is 0 Å². The van der Waals surface area contributed by atoms with E-state index in [-0.39, 0.29) is 29.9 Å². The molecule has 0 radical (unpaired) electrons. The van der Waals surface area contributed by atoms with Crippen LogP contribution in [-0.2, 0) is 6.54 Å². The zero-order valence-electron chi connectivity index (χ0n) is 15.6. The molecule has 2 atom stereocenters. The maximum atomic E-state index is 13.0. The third-order valence-electron chi connectivity index (χ3n) is 5.55. The van der Waals surface area contributed by atoms with Crippen molar-refractivity contribution >= 4 is 11.8 Å². The third-order valence-corrected chi connectivity index (χ3v) is 5.55. The molecule has 2 bridgehead atoms. The van der Waals surface area contributed by atoms with Gasteiger partial charge in [0.2, 0.25) is 0 Å². The van der Waals surface area contributed by atoms with Crippen molar-refractivity contribution in [2.24, 2.45) is 0 Å². The minimum absolute atomic E-state index is 0.0519. The quantitative estimate of drug-likeness (QED) is 0.884. The van der Waals surface area contributed by atoms with Gasteiger partial charge in [-0.15, -0.1) is 0 Å². The van der Waals surface area contributed by atoms with Gasteiger partial charge in [-0.05, 0) is 45.6 Å². The number of aromatic nitrogens is 4. The van der Waals surface area contributed by atoms with Crippen molar-refractivity contribution in [3.05, 3.63) is 41.7 Å². The fourth-order valence-electron chi connectivity index (χ4n) is 4.29. The van der Waals surface area contributed by atoms with E-state index < -0.39 is 0 Å². The van der Waals surface area contributed by atoms with Gasteiger partial charge in [0, 0.05) is 37.1 Å². The van der Waals surface area contributed by atoms with Crippen LogP contribution in [0, 0.1) is 6.92 Å². The van der Waals surface area contributed by atoms with Gasteiger partial charge in [-0.25, -0.2) is 4.98 Å². The summed E-state index contributed by atoms with van der Waals surface area (Å²) in [5.74, 6) is -0.147. The van der Waals surface area contributed by atoms with Crippen molar-refractivity contribution in [3.8, 4) is 0 Å². The Bertz CT molecular complexity index is 832. The number of hydrogen-bond acceptors (Lipinski definition) is 5. The van der Waals surface area contributed by atoms with Gasteiger partial charge in [-0.1, -0.05) is 0 Å². The lowest BCUT2D eigenvalue weighted by atomic mass is 9.96. The zero-order chi connectivity index (χ0) is 19.0. The number of nitrogens with zero attached hydrogens (tertiary/aromatic N) is 5. The third kappa shape index (κ3) is 3.31. The predicted octanol–water partition coefficient (Wildman–Crippen LogP) is 1.57. The molecule has 0 aromatic carbocycles. The number of carbonyl (C=O) groups is 2. The van der Waals surface area contributed by atoms with Crippen LogP contribution in [0.25, 0.3) is 0 Å². The van der Waals surface area contributed by atoms with E-state index in [1.54, 1.807) is 23.1 Å². The van der Waals surface area contributed by atoms with Crippen molar-refractivity contribution in [3.63, 3.8) is 0 Å². The molecule has 0 spiro atoms. The first-order chi connectivity index (χ1) is 13.1. The van der Waals surface area contributed by atoms with Crippen LogP contribution >= 0.6 is 0 Å². The molecule has 27 heavy (non-hydrogen) atoms. The smallest absolute Gasteiger partial charge is 0.272 e. The maximum absolute atomic E-state index is 13.0. The zero-order valence-corrected chi connectivity index (χ0v) is 15.6. The summed E-state index contributed by atoms with van der Waals surface area (Å²) >= 11 is 0. The standard InChI is InChI=1S/C19H24N6O2/c1-3-24-17(6-7-22-24)19(27)25-14-4-5-15(25)9-13(8-14)23-18(26)16-11-20-12(2)10-21-16/h6-7,10-11,13-15H,3-5,8-9H2,1-2H3,(H,23,26). The number of rotatable bonds is 4. The van der Waals surface area contributed by atoms with Crippen LogP contribution in [0.5, 0.6) is 0 Å². The average Bonchev–Trinajstić information content (AvgIpc) is 3.24. The lowest BCUT2D eigenvalue weighted by Gasteiger charge is -2.39. The lowest BCUT2D eigenvalue weighted by Crippen LogP contribution is -2.52. The molecule has 2 aromatic rings. The van der Waals surface area contributed by atoms with Gasteiger partial charge in [0.25, 0.3) is 11.8 Å².